The van der Waals surface area contributed by atoms with E-state index >= 15 is 0 Å². The first-order valence-corrected chi connectivity index (χ1v) is 9.00. The van der Waals surface area contributed by atoms with Crippen LogP contribution in [0.3, 0.4) is 0 Å². The molecule has 21 heavy (non-hydrogen) atoms. The number of hydrogen-bond acceptors (Lipinski definition) is 2. The molecule has 0 atom stereocenters. The standard InChI is InChI=1S/C5H12.C4H10.C3H4Cl2O.C2HCl3O/c1-3-5-4-2;1-3-4-2;1-2(6)3(4)5;3-1(4)2(5)6/h3-5H2,1-2H3;3-4H2,1-2H3;3H,1H3;1H. The zero-order valence-corrected chi connectivity index (χ0v) is 17.2. The van der Waals surface area contributed by atoms with Gasteiger partial charge in [0.2, 0.25) is 0 Å². The van der Waals surface area contributed by atoms with Crippen molar-refractivity contribution < 1.29 is 9.59 Å². The molecule has 0 aromatic heterocycles. The first-order chi connectivity index (χ1) is 9.61. The van der Waals surface area contributed by atoms with Crippen LogP contribution in [0.15, 0.2) is 0 Å². The molecule has 0 heterocycles. The van der Waals surface area contributed by atoms with Crippen LogP contribution in [0.5, 0.6) is 0 Å². The molecule has 0 aromatic carbocycles. The Morgan fingerprint density at radius 3 is 1.00 bits per heavy atom. The highest BCUT2D eigenvalue weighted by Gasteiger charge is 2.04. The van der Waals surface area contributed by atoms with Gasteiger partial charge in [-0.05, 0) is 18.5 Å². The molecule has 0 spiro atoms. The molecule has 0 unspecified atom stereocenters. The van der Waals surface area contributed by atoms with E-state index in [4.69, 9.17) is 58.0 Å². The summed E-state index contributed by atoms with van der Waals surface area (Å²) in [7, 11) is 0. The lowest BCUT2D eigenvalue weighted by Gasteiger charge is -1.85. The molecule has 0 saturated heterocycles. The van der Waals surface area contributed by atoms with Crippen molar-refractivity contribution in [2.45, 2.75) is 76.4 Å². The predicted molar refractivity (Wildman–Crippen MR) is 98.3 cm³/mol. The van der Waals surface area contributed by atoms with Crippen molar-refractivity contribution in [1.29, 1.82) is 0 Å². The Morgan fingerprint density at radius 1 is 0.762 bits per heavy atom. The second-order valence-corrected chi connectivity index (χ2v) is 6.43. The van der Waals surface area contributed by atoms with Gasteiger partial charge in [0.05, 0.1) is 0 Å². The Morgan fingerprint density at radius 2 is 1.00 bits per heavy atom. The maximum atomic E-state index is 9.88. The monoisotopic (exact) mass is 402 g/mol. The molecule has 0 amide bonds. The zero-order valence-electron chi connectivity index (χ0n) is 13.4. The smallest absolute Gasteiger partial charge is 0.254 e. The number of unbranched alkanes of at least 4 members (excludes halogenated alkanes) is 3. The van der Waals surface area contributed by atoms with Crippen molar-refractivity contribution in [2.75, 3.05) is 0 Å². The van der Waals surface area contributed by atoms with Crippen LogP contribution in [0.1, 0.15) is 66.7 Å². The molecule has 0 aliphatic rings. The van der Waals surface area contributed by atoms with Crippen LogP contribution in [-0.2, 0) is 9.59 Å². The molecular formula is C14H27Cl5O2. The largest absolute Gasteiger partial charge is 0.297 e. The molecule has 0 aromatic rings. The number of hydrogen-bond donors (Lipinski definition) is 0. The van der Waals surface area contributed by atoms with E-state index in [0.29, 0.717) is 0 Å². The predicted octanol–water partition coefficient (Wildman–Crippen LogP) is 6.94. The number of alkyl halides is 4. The third kappa shape index (κ3) is 52.8. The van der Waals surface area contributed by atoms with E-state index in [-0.39, 0.29) is 5.78 Å². The molecule has 0 N–H and O–H groups in total. The van der Waals surface area contributed by atoms with Gasteiger partial charge in [-0.2, -0.15) is 0 Å². The van der Waals surface area contributed by atoms with Crippen LogP contribution in [0.4, 0.5) is 0 Å². The lowest BCUT2D eigenvalue weighted by molar-refractivity contribution is -0.115. The van der Waals surface area contributed by atoms with Crippen molar-refractivity contribution in [1.82, 2.24) is 0 Å². The van der Waals surface area contributed by atoms with Crippen molar-refractivity contribution in [2.24, 2.45) is 0 Å². The van der Waals surface area contributed by atoms with E-state index < -0.39 is 14.9 Å². The Hall–Kier alpha value is 0.790. The van der Waals surface area contributed by atoms with Gasteiger partial charge in [-0.1, -0.05) is 106 Å². The molecule has 0 saturated carbocycles. The number of halogens is 5. The lowest BCUT2D eigenvalue weighted by atomic mass is 10.3. The molecule has 0 fully saturated rings. The summed E-state index contributed by atoms with van der Waals surface area (Å²) in [5, 5.41) is -0.738. The van der Waals surface area contributed by atoms with Crippen molar-refractivity contribution in [3.05, 3.63) is 0 Å². The second kappa shape index (κ2) is 25.7. The molecule has 0 radical (unpaired) electrons. The summed E-state index contributed by atoms with van der Waals surface area (Å²) in [6.07, 6.45) is 6.72. The minimum absolute atomic E-state index is 0.210. The van der Waals surface area contributed by atoms with Gasteiger partial charge in [-0.25, -0.2) is 0 Å². The molecule has 7 heteroatoms. The first-order valence-electron chi connectivity index (χ1n) is 6.88. The van der Waals surface area contributed by atoms with Gasteiger partial charge in [-0.3, -0.25) is 9.59 Å². The summed E-state index contributed by atoms with van der Waals surface area (Å²) in [6.45, 7) is 10.1. The molecular weight excluding hydrogens is 377 g/mol. The van der Waals surface area contributed by atoms with Crippen molar-refractivity contribution in [3.8, 4) is 0 Å². The van der Waals surface area contributed by atoms with E-state index in [9.17, 15) is 9.59 Å². The summed E-state index contributed by atoms with van der Waals surface area (Å²) < 4.78 is 0. The number of carbonyl (C=O) groups excluding carboxylic acids is 2. The fourth-order valence-electron chi connectivity index (χ4n) is 0.354. The average molecular weight is 405 g/mol. The molecule has 130 valence electrons. The Bertz CT molecular complexity index is 199. The minimum Gasteiger partial charge on any atom is -0.297 e. The molecule has 0 rings (SSSR count). The Labute approximate surface area is 154 Å². The van der Waals surface area contributed by atoms with E-state index in [1.807, 2.05) is 0 Å². The zero-order chi connectivity index (χ0) is 17.8. The van der Waals surface area contributed by atoms with Crippen LogP contribution in [0.2, 0.25) is 0 Å². The number of rotatable bonds is 5. The Balaban J connectivity index is -0.0000000929. The van der Waals surface area contributed by atoms with Gasteiger partial charge in [0.1, 0.15) is 0 Å². The first kappa shape index (κ1) is 29.8. The minimum atomic E-state index is -1.08. The highest BCUT2D eigenvalue weighted by Crippen LogP contribution is 2.04. The number of ketones is 1. The van der Waals surface area contributed by atoms with Gasteiger partial charge in [-0.15, -0.1) is 0 Å². The number of carbonyl (C=O) groups is 2. The quantitative estimate of drug-likeness (QED) is 0.367. The topological polar surface area (TPSA) is 34.1 Å². The number of Topliss-reactive ketones (excluding diaryl/α,β-unsaturated/α-hetero) is 1. The highest BCUT2D eigenvalue weighted by atomic mass is 35.5. The molecule has 0 bridgehead atoms. The van der Waals surface area contributed by atoms with Crippen LogP contribution in [0.25, 0.3) is 0 Å². The molecule has 0 aliphatic heterocycles. The third-order valence-corrected chi connectivity index (χ3v) is 3.14. The van der Waals surface area contributed by atoms with Crippen LogP contribution in [-0.4, -0.2) is 20.7 Å². The SMILES string of the molecule is CC(=O)C(Cl)Cl.CCCC.CCCCC.O=C(Cl)C(Cl)Cl. The highest BCUT2D eigenvalue weighted by molar-refractivity contribution is 6.75. The van der Waals surface area contributed by atoms with E-state index in [2.05, 4.69) is 27.7 Å². The van der Waals surface area contributed by atoms with E-state index in [1.165, 1.54) is 39.0 Å². The van der Waals surface area contributed by atoms with E-state index in [1.54, 1.807) is 0 Å². The summed E-state index contributed by atoms with van der Waals surface area (Å²) in [5.74, 6) is -0.210. The summed E-state index contributed by atoms with van der Waals surface area (Å²) >= 11 is 24.6. The van der Waals surface area contributed by atoms with Crippen LogP contribution in [0, 0.1) is 0 Å². The molecule has 0 aliphatic carbocycles. The second-order valence-electron chi connectivity index (χ2n) is 3.87. The van der Waals surface area contributed by atoms with Gasteiger partial charge >= 0.3 is 0 Å². The molecule has 2 nitrogen and oxygen atoms in total. The van der Waals surface area contributed by atoms with Gasteiger partial charge in [0, 0.05) is 0 Å². The maximum absolute atomic E-state index is 9.88. The lowest BCUT2D eigenvalue weighted by Crippen LogP contribution is -1.99. The van der Waals surface area contributed by atoms with Crippen LogP contribution < -0.4 is 0 Å². The van der Waals surface area contributed by atoms with Crippen LogP contribution >= 0.6 is 58.0 Å². The van der Waals surface area contributed by atoms with Gasteiger partial charge in [0.25, 0.3) is 5.24 Å². The average Bonchev–Trinajstić information content (AvgIpc) is 2.41. The van der Waals surface area contributed by atoms with Gasteiger partial charge < -0.3 is 0 Å². The Kier molecular flexibility index (Phi) is 36.5. The maximum Gasteiger partial charge on any atom is 0.254 e. The fraction of sp³-hybridized carbons (Fsp3) is 0.857. The van der Waals surface area contributed by atoms with Crippen molar-refractivity contribution >= 4 is 69.0 Å². The fourth-order valence-corrected chi connectivity index (χ4v) is 0.354. The summed E-state index contributed by atoms with van der Waals surface area (Å²) in [4.78, 5) is 17.6. The van der Waals surface area contributed by atoms with Gasteiger partial charge in [0.15, 0.2) is 15.5 Å². The summed E-state index contributed by atoms with van der Waals surface area (Å²) in [6, 6.07) is 0. The normalized spacial score (nSPS) is 8.76. The summed E-state index contributed by atoms with van der Waals surface area (Å²) in [5.41, 5.74) is 0. The van der Waals surface area contributed by atoms with Crippen molar-refractivity contribution in [3.63, 3.8) is 0 Å². The van der Waals surface area contributed by atoms with E-state index in [0.717, 1.165) is 0 Å². The third-order valence-electron chi connectivity index (χ3n) is 1.69.